The fourth-order valence-electron chi connectivity index (χ4n) is 4.58. The number of carbonyl (C=O) groups is 3. The van der Waals surface area contributed by atoms with Crippen LogP contribution in [0, 0.1) is 5.82 Å². The number of rotatable bonds is 12. The number of nitrogens with zero attached hydrogens (tertiary/aromatic N) is 2. The van der Waals surface area contributed by atoms with Crippen LogP contribution in [0.3, 0.4) is 0 Å². The van der Waals surface area contributed by atoms with Crippen molar-refractivity contribution in [3.05, 3.63) is 94.9 Å². The van der Waals surface area contributed by atoms with Gasteiger partial charge in [0.2, 0.25) is 5.91 Å². The molecule has 0 aliphatic carbocycles. The number of carboxylic acids is 2. The number of aryl methyl sites for hydroxylation is 1. The van der Waals surface area contributed by atoms with Crippen LogP contribution in [-0.4, -0.2) is 70.3 Å². The van der Waals surface area contributed by atoms with E-state index in [1.54, 1.807) is 6.07 Å². The Bertz CT molecular complexity index is 1410. The number of alkyl halides is 3. The zero-order valence-electron chi connectivity index (χ0n) is 23.8. The van der Waals surface area contributed by atoms with Crippen molar-refractivity contribution >= 4 is 23.7 Å². The third-order valence-corrected chi connectivity index (χ3v) is 6.77. The summed E-state index contributed by atoms with van der Waals surface area (Å²) in [6.07, 6.45) is -1.82. The molecule has 2 aromatic carbocycles. The third kappa shape index (κ3) is 11.6. The number of pyridine rings is 1. The second kappa shape index (κ2) is 16.4. The molecule has 1 aliphatic heterocycles. The maximum Gasteiger partial charge on any atom is 0.490 e. The maximum atomic E-state index is 13.8. The molecular formula is C31H34F4N4O5. The lowest BCUT2D eigenvalue weighted by molar-refractivity contribution is -0.192. The van der Waals surface area contributed by atoms with E-state index < -0.39 is 30.0 Å². The van der Waals surface area contributed by atoms with Gasteiger partial charge in [0.25, 0.3) is 0 Å². The molecule has 0 spiro atoms. The van der Waals surface area contributed by atoms with E-state index in [1.807, 2.05) is 24.3 Å². The zero-order chi connectivity index (χ0) is 32.1. The average Bonchev–Trinajstić information content (AvgIpc) is 2.98. The average molecular weight is 619 g/mol. The van der Waals surface area contributed by atoms with Gasteiger partial charge in [-0.1, -0.05) is 48.5 Å². The van der Waals surface area contributed by atoms with Gasteiger partial charge in [0.15, 0.2) is 0 Å². The molecule has 1 atom stereocenters. The number of aromatic nitrogens is 1. The van der Waals surface area contributed by atoms with Crippen LogP contribution in [0.4, 0.5) is 23.4 Å². The first-order valence-corrected chi connectivity index (χ1v) is 14.0. The number of hydrogen-bond donors (Lipinski definition) is 4. The number of aliphatic carboxylic acids is 2. The number of benzene rings is 2. The molecular weight excluding hydrogens is 584 g/mol. The van der Waals surface area contributed by atoms with Crippen molar-refractivity contribution in [2.24, 2.45) is 0 Å². The van der Waals surface area contributed by atoms with E-state index in [0.717, 1.165) is 37.3 Å². The Morgan fingerprint density at radius 2 is 1.68 bits per heavy atom. The summed E-state index contributed by atoms with van der Waals surface area (Å²) in [6, 6.07) is 19.1. The summed E-state index contributed by atoms with van der Waals surface area (Å²) in [5.74, 6) is -3.65. The first kappa shape index (κ1) is 34.0. The van der Waals surface area contributed by atoms with Crippen molar-refractivity contribution in [3.8, 4) is 0 Å². The van der Waals surface area contributed by atoms with Crippen molar-refractivity contribution in [1.29, 1.82) is 0 Å². The van der Waals surface area contributed by atoms with Crippen LogP contribution in [0.25, 0.3) is 0 Å². The number of carbonyl (C=O) groups excluding carboxylic acids is 1. The second-order valence-electron chi connectivity index (χ2n) is 10.2. The van der Waals surface area contributed by atoms with Crippen LogP contribution >= 0.6 is 0 Å². The van der Waals surface area contributed by atoms with Crippen LogP contribution in [0.15, 0.2) is 66.7 Å². The summed E-state index contributed by atoms with van der Waals surface area (Å²) in [5.41, 5.74) is 3.80. The molecule has 4 N–H and O–H groups in total. The number of halogens is 4. The zero-order valence-corrected chi connectivity index (χ0v) is 23.8. The fourth-order valence-corrected chi connectivity index (χ4v) is 4.58. The Kier molecular flexibility index (Phi) is 12.6. The Hall–Kier alpha value is -4.52. The van der Waals surface area contributed by atoms with Gasteiger partial charge >= 0.3 is 18.1 Å². The van der Waals surface area contributed by atoms with Gasteiger partial charge in [0, 0.05) is 31.7 Å². The van der Waals surface area contributed by atoms with Crippen molar-refractivity contribution in [1.82, 2.24) is 15.2 Å². The largest absolute Gasteiger partial charge is 0.490 e. The van der Waals surface area contributed by atoms with Gasteiger partial charge in [-0.15, -0.1) is 0 Å². The first-order chi connectivity index (χ1) is 20.9. The van der Waals surface area contributed by atoms with Crippen LogP contribution in [0.2, 0.25) is 0 Å². The quantitative estimate of drug-likeness (QED) is 0.216. The monoisotopic (exact) mass is 618 g/mol. The Morgan fingerprint density at radius 1 is 0.977 bits per heavy atom. The molecule has 13 heteroatoms. The molecule has 9 nitrogen and oxygen atoms in total. The van der Waals surface area contributed by atoms with Gasteiger partial charge in [-0.25, -0.2) is 14.2 Å². The first-order valence-electron chi connectivity index (χ1n) is 14.0. The van der Waals surface area contributed by atoms with E-state index >= 15 is 0 Å². The van der Waals surface area contributed by atoms with Crippen LogP contribution in [0.5, 0.6) is 0 Å². The van der Waals surface area contributed by atoms with E-state index in [0.29, 0.717) is 25.1 Å². The highest BCUT2D eigenvalue weighted by Gasteiger charge is 2.38. The van der Waals surface area contributed by atoms with Gasteiger partial charge in [0.05, 0.1) is 19.0 Å². The highest BCUT2D eigenvalue weighted by atomic mass is 19.4. The van der Waals surface area contributed by atoms with E-state index in [9.17, 15) is 32.3 Å². The fraction of sp³-hybridized carbons (Fsp3) is 0.355. The van der Waals surface area contributed by atoms with Crippen molar-refractivity contribution in [3.63, 3.8) is 0 Å². The van der Waals surface area contributed by atoms with Crippen molar-refractivity contribution < 1.29 is 42.2 Å². The predicted molar refractivity (Wildman–Crippen MR) is 155 cm³/mol. The van der Waals surface area contributed by atoms with E-state index in [1.165, 1.54) is 29.3 Å². The Balaban J connectivity index is 0.000000676. The molecule has 0 saturated heterocycles. The highest BCUT2D eigenvalue weighted by Crippen LogP contribution is 2.21. The third-order valence-electron chi connectivity index (χ3n) is 6.77. The number of carboxylic acid groups (broad SMARTS) is 2. The maximum absolute atomic E-state index is 13.8. The topological polar surface area (TPSA) is 132 Å². The molecule has 44 heavy (non-hydrogen) atoms. The summed E-state index contributed by atoms with van der Waals surface area (Å²) in [4.78, 5) is 40.2. The SMILES string of the molecule is O=C(O)C(F)(F)F.O=C(O)C[C@H](NC(=O)CN(CCc1ccccc1)CCc1ccc2c(n1)NCCC2)c1cccc(F)c1. The van der Waals surface area contributed by atoms with E-state index in [-0.39, 0.29) is 18.9 Å². The summed E-state index contributed by atoms with van der Waals surface area (Å²) in [6.45, 7) is 2.30. The number of fused-ring (bicyclic) bond motifs is 1. The molecule has 4 rings (SSSR count). The standard InChI is InChI=1S/C29H33FN4O3.C2HF3O2/c30-24-10-4-8-23(18-24)26(19-28(36)37)33-27(35)20-34(16-13-21-6-2-1-3-7-21)17-14-25-12-11-22-9-5-15-31-29(22)32-25;3-2(4,5)1(6)7/h1-4,6-8,10-12,18,26H,5,9,13-17,19-20H2,(H,31,32)(H,33,35)(H,36,37);(H,6,7)/t26-;/m0./s1. The lowest BCUT2D eigenvalue weighted by Gasteiger charge is -2.24. The Labute approximate surface area is 251 Å². The smallest absolute Gasteiger partial charge is 0.481 e. The summed E-state index contributed by atoms with van der Waals surface area (Å²) in [5, 5.41) is 22.6. The van der Waals surface area contributed by atoms with Gasteiger partial charge in [-0.2, -0.15) is 13.2 Å². The van der Waals surface area contributed by atoms with Crippen LogP contribution in [-0.2, 0) is 33.6 Å². The normalized spacial score (nSPS) is 13.1. The van der Waals surface area contributed by atoms with Crippen LogP contribution < -0.4 is 10.6 Å². The van der Waals surface area contributed by atoms with Gasteiger partial charge < -0.3 is 20.8 Å². The molecule has 2 heterocycles. The lowest BCUT2D eigenvalue weighted by Crippen LogP contribution is -2.41. The number of hydrogen-bond acceptors (Lipinski definition) is 6. The molecule has 1 aliphatic rings. The molecule has 0 radical (unpaired) electrons. The summed E-state index contributed by atoms with van der Waals surface area (Å²) in [7, 11) is 0. The predicted octanol–water partition coefficient (Wildman–Crippen LogP) is 4.63. The minimum atomic E-state index is -5.08. The lowest BCUT2D eigenvalue weighted by atomic mass is 10.0. The molecule has 1 amide bonds. The van der Waals surface area contributed by atoms with Gasteiger partial charge in [-0.3, -0.25) is 14.5 Å². The van der Waals surface area contributed by atoms with Gasteiger partial charge in [0.1, 0.15) is 11.6 Å². The minimum Gasteiger partial charge on any atom is -0.481 e. The highest BCUT2D eigenvalue weighted by molar-refractivity contribution is 5.79. The molecule has 0 unspecified atom stereocenters. The second-order valence-corrected chi connectivity index (χ2v) is 10.2. The van der Waals surface area contributed by atoms with Crippen LogP contribution in [0.1, 0.15) is 41.3 Å². The Morgan fingerprint density at radius 3 is 2.34 bits per heavy atom. The summed E-state index contributed by atoms with van der Waals surface area (Å²) >= 11 is 0. The molecule has 3 aromatic rings. The van der Waals surface area contributed by atoms with E-state index in [2.05, 4.69) is 33.7 Å². The minimum absolute atomic E-state index is 0.0987. The number of nitrogens with one attached hydrogen (secondary N) is 2. The molecule has 0 bridgehead atoms. The molecule has 0 saturated carbocycles. The summed E-state index contributed by atoms with van der Waals surface area (Å²) < 4.78 is 45.5. The van der Waals surface area contributed by atoms with E-state index in [4.69, 9.17) is 14.9 Å². The van der Waals surface area contributed by atoms with Gasteiger partial charge in [-0.05, 0) is 54.2 Å². The molecule has 1 aromatic heterocycles. The molecule has 0 fully saturated rings. The van der Waals surface area contributed by atoms with Crippen molar-refractivity contribution in [2.75, 3.05) is 31.5 Å². The molecule has 236 valence electrons. The van der Waals surface area contributed by atoms with Crippen molar-refractivity contribution in [2.45, 2.75) is 44.3 Å². The number of anilines is 1. The number of amides is 1.